The van der Waals surface area contributed by atoms with Gasteiger partial charge in [0.2, 0.25) is 0 Å². The van der Waals surface area contributed by atoms with E-state index in [0.29, 0.717) is 5.52 Å². The molecule has 0 amide bonds. The molecule has 0 saturated heterocycles. The number of nitrogens with one attached hydrogen (secondary N) is 1. The molecule has 0 bridgehead atoms. The van der Waals surface area contributed by atoms with E-state index in [0.717, 1.165) is 6.08 Å². The lowest BCUT2D eigenvalue weighted by molar-refractivity contribution is -0.144. The summed E-state index contributed by atoms with van der Waals surface area (Å²) in [4.78, 5) is 24.1. The maximum Gasteiger partial charge on any atom is 0.342 e. The molecular weight excluding hydrogens is 482 g/mol. The average Bonchev–Trinajstić information content (AvgIpc) is 3.42. The molecule has 14 heteroatoms. The van der Waals surface area contributed by atoms with Gasteiger partial charge in [-0.15, -0.1) is 0 Å². The Morgan fingerprint density at radius 3 is 2.83 bits per heavy atom. The van der Waals surface area contributed by atoms with Gasteiger partial charge < -0.3 is 24.5 Å². The highest BCUT2D eigenvalue weighted by Gasteiger charge is 2.36. The van der Waals surface area contributed by atoms with Crippen LogP contribution >= 0.6 is 7.52 Å². The molecule has 3 heterocycles. The number of hydrogen-bond acceptors (Lipinski definition) is 10. The van der Waals surface area contributed by atoms with Crippen molar-refractivity contribution in [2.24, 2.45) is 0 Å². The van der Waals surface area contributed by atoms with E-state index in [1.54, 1.807) is 37.3 Å². The molecular formula is C21H24FN6O6P. The lowest BCUT2D eigenvalue weighted by atomic mass is 10.3. The number of nitrogen functional groups attached to an aromatic ring is 1. The summed E-state index contributed by atoms with van der Waals surface area (Å²) in [5.41, 5.74) is 6.35. The number of nitrogens with two attached hydrogens (primary N) is 1. The second-order valence-corrected chi connectivity index (χ2v) is 9.51. The summed E-state index contributed by atoms with van der Waals surface area (Å²) in [7, 11) is -3.83. The molecule has 0 radical (unpaired) electrons. The quantitative estimate of drug-likeness (QED) is 0.308. The minimum absolute atomic E-state index is 0.143. The summed E-state index contributed by atoms with van der Waals surface area (Å²) in [6.45, 7) is 3.30. The maximum absolute atomic E-state index is 14.8. The van der Waals surface area contributed by atoms with E-state index >= 15 is 0 Å². The molecule has 4 rings (SSSR count). The van der Waals surface area contributed by atoms with E-state index in [1.165, 1.54) is 24.1 Å². The van der Waals surface area contributed by atoms with E-state index in [4.69, 9.17) is 24.5 Å². The highest BCUT2D eigenvalue weighted by Crippen LogP contribution is 2.45. The number of anilines is 1. The van der Waals surface area contributed by atoms with Crippen LogP contribution in [0.4, 0.5) is 10.2 Å². The number of fused-ring (bicyclic) bond motifs is 1. The number of ether oxygens (including phenoxy) is 3. The van der Waals surface area contributed by atoms with Gasteiger partial charge in [-0.05, 0) is 26.0 Å². The molecule has 186 valence electrons. The Kier molecular flexibility index (Phi) is 7.41. The molecule has 35 heavy (non-hydrogen) atoms. The lowest BCUT2D eigenvalue weighted by Crippen LogP contribution is -2.36. The Hall–Kier alpha value is -3.38. The van der Waals surface area contributed by atoms with Crippen molar-refractivity contribution in [2.75, 3.05) is 18.7 Å². The van der Waals surface area contributed by atoms with Crippen LogP contribution in [-0.2, 0) is 23.6 Å². The highest BCUT2D eigenvalue weighted by molar-refractivity contribution is 7.57. The van der Waals surface area contributed by atoms with Gasteiger partial charge in [0.1, 0.15) is 23.6 Å². The number of carbonyl (C=O) groups is 1. The van der Waals surface area contributed by atoms with Crippen LogP contribution < -0.4 is 15.3 Å². The molecule has 3 N–H and O–H groups in total. The van der Waals surface area contributed by atoms with Gasteiger partial charge in [0, 0.05) is 6.08 Å². The molecule has 4 atom stereocenters. The number of esters is 1. The molecule has 1 aliphatic heterocycles. The molecule has 0 saturated carbocycles. The van der Waals surface area contributed by atoms with Crippen molar-refractivity contribution in [3.05, 3.63) is 54.9 Å². The second kappa shape index (κ2) is 10.5. The monoisotopic (exact) mass is 506 g/mol. The summed E-state index contributed by atoms with van der Waals surface area (Å²) in [6.07, 6.45) is 0.676. The predicted molar refractivity (Wildman–Crippen MR) is 123 cm³/mol. The Balaban J connectivity index is 1.47. The number of benzene rings is 1. The molecule has 1 aromatic carbocycles. The fourth-order valence-electron chi connectivity index (χ4n) is 3.30. The molecule has 3 aromatic rings. The van der Waals surface area contributed by atoms with Crippen LogP contribution in [0.2, 0.25) is 0 Å². The van der Waals surface area contributed by atoms with E-state index in [9.17, 15) is 13.8 Å². The first-order valence-electron chi connectivity index (χ1n) is 10.6. The van der Waals surface area contributed by atoms with Gasteiger partial charge >= 0.3 is 13.5 Å². The Morgan fingerprint density at radius 1 is 1.31 bits per heavy atom. The van der Waals surface area contributed by atoms with Crippen molar-refractivity contribution in [3.63, 3.8) is 0 Å². The number of rotatable bonds is 10. The normalized spacial score (nSPS) is 20.3. The molecule has 0 spiro atoms. The average molecular weight is 506 g/mol. The number of carbonyl (C=O) groups excluding carboxylic acids is 1. The number of nitrogens with zero attached hydrogens (tertiary/aromatic N) is 4. The summed E-state index contributed by atoms with van der Waals surface area (Å²) in [6, 6.07) is 7.40. The van der Waals surface area contributed by atoms with Crippen LogP contribution in [0.15, 0.2) is 54.9 Å². The lowest BCUT2D eigenvalue weighted by Gasteiger charge is -2.24. The maximum atomic E-state index is 14.8. The number of imidazole rings is 1. The molecule has 12 nitrogen and oxygen atoms in total. The third kappa shape index (κ3) is 5.65. The zero-order chi connectivity index (χ0) is 25.0. The van der Waals surface area contributed by atoms with Crippen molar-refractivity contribution >= 4 is 30.5 Å². The number of para-hydroxylation sites is 1. The third-order valence-corrected chi connectivity index (χ3v) is 6.64. The van der Waals surface area contributed by atoms with Gasteiger partial charge in [0.25, 0.3) is 0 Å². The standard InChI is InChI=1S/C21H24FN6O6P/c1-3-31-21(29)13(2)27-35(30,34-14-7-5-4-6-8-14)12-32-16-9-15(22)20(33-16)28-11-26-17-18(23)24-10-25-19(17)28/h4-11,13,16,20H,3,12H2,1-2H3,(H,27,30)(H2,23,24,25)/t13-,16-,20-,35?/m0/s1. The van der Waals surface area contributed by atoms with Crippen LogP contribution in [0.3, 0.4) is 0 Å². The smallest absolute Gasteiger partial charge is 0.342 e. The van der Waals surface area contributed by atoms with Gasteiger partial charge in [0.15, 0.2) is 36.2 Å². The first-order chi connectivity index (χ1) is 16.8. The first-order valence-corrected chi connectivity index (χ1v) is 12.5. The molecule has 2 aromatic heterocycles. The fourth-order valence-corrected chi connectivity index (χ4v) is 4.98. The molecule has 1 unspecified atom stereocenters. The zero-order valence-electron chi connectivity index (χ0n) is 18.9. The second-order valence-electron chi connectivity index (χ2n) is 7.47. The van der Waals surface area contributed by atoms with Crippen LogP contribution in [-0.4, -0.2) is 50.8 Å². The first kappa shape index (κ1) is 24.7. The minimum Gasteiger partial charge on any atom is -0.465 e. The van der Waals surface area contributed by atoms with Crippen molar-refractivity contribution in [2.45, 2.75) is 32.4 Å². The largest absolute Gasteiger partial charge is 0.465 e. The molecule has 0 aliphatic carbocycles. The molecule has 1 aliphatic rings. The summed E-state index contributed by atoms with van der Waals surface area (Å²) in [5.74, 6) is -0.847. The van der Waals surface area contributed by atoms with Gasteiger partial charge in [-0.25, -0.2) is 24.4 Å². The van der Waals surface area contributed by atoms with Crippen LogP contribution in [0.25, 0.3) is 11.2 Å². The van der Waals surface area contributed by atoms with Crippen molar-refractivity contribution in [3.8, 4) is 5.75 Å². The van der Waals surface area contributed by atoms with Gasteiger partial charge in [0.05, 0.1) is 12.9 Å². The summed E-state index contributed by atoms with van der Waals surface area (Å²) >= 11 is 0. The van der Waals surface area contributed by atoms with Gasteiger partial charge in [-0.3, -0.25) is 13.9 Å². The van der Waals surface area contributed by atoms with E-state index in [2.05, 4.69) is 20.0 Å². The Morgan fingerprint density at radius 2 is 2.09 bits per heavy atom. The third-order valence-electron chi connectivity index (χ3n) is 4.87. The van der Waals surface area contributed by atoms with Crippen LogP contribution in [0, 0.1) is 0 Å². The van der Waals surface area contributed by atoms with Crippen molar-refractivity contribution < 1.29 is 32.5 Å². The number of halogens is 1. The summed E-state index contributed by atoms with van der Waals surface area (Å²) in [5, 5.41) is 2.65. The SMILES string of the molecule is CCOC(=O)[C@H](C)NP(=O)(CO[C@@H]1C=C(F)[C@@H](n2cnc3c(N)ncnc32)O1)Oc1ccccc1. The van der Waals surface area contributed by atoms with Crippen molar-refractivity contribution in [1.82, 2.24) is 24.6 Å². The van der Waals surface area contributed by atoms with Gasteiger partial charge in [-0.1, -0.05) is 18.2 Å². The van der Waals surface area contributed by atoms with Crippen LogP contribution in [0.1, 0.15) is 20.1 Å². The number of aromatic nitrogens is 4. The zero-order valence-corrected chi connectivity index (χ0v) is 19.8. The van der Waals surface area contributed by atoms with E-state index in [1.807, 2.05) is 0 Å². The van der Waals surface area contributed by atoms with E-state index < -0.39 is 44.2 Å². The predicted octanol–water partition coefficient (Wildman–Crippen LogP) is 2.90. The fraction of sp³-hybridized carbons (Fsp3) is 0.333. The van der Waals surface area contributed by atoms with Gasteiger partial charge in [-0.2, -0.15) is 0 Å². The molecule has 0 fully saturated rings. The van der Waals surface area contributed by atoms with Crippen molar-refractivity contribution in [1.29, 1.82) is 0 Å². The summed E-state index contributed by atoms with van der Waals surface area (Å²) < 4.78 is 51.5. The topological polar surface area (TPSA) is 153 Å². The Bertz CT molecular complexity index is 1270. The number of hydrogen-bond donors (Lipinski definition) is 2. The highest BCUT2D eigenvalue weighted by atomic mass is 31.2. The van der Waals surface area contributed by atoms with E-state index in [-0.39, 0.29) is 23.8 Å². The minimum atomic E-state index is -3.83. The van der Waals surface area contributed by atoms with Crippen LogP contribution in [0.5, 0.6) is 5.75 Å². The Labute approximate surface area is 199 Å².